The molecule has 0 aromatic carbocycles. The van der Waals surface area contributed by atoms with E-state index in [-0.39, 0.29) is 18.2 Å². The summed E-state index contributed by atoms with van der Waals surface area (Å²) in [6.45, 7) is 12.3. The van der Waals surface area contributed by atoms with E-state index in [1.165, 1.54) is 0 Å². The van der Waals surface area contributed by atoms with Gasteiger partial charge in [0, 0.05) is 0 Å². The summed E-state index contributed by atoms with van der Waals surface area (Å²) in [5.41, 5.74) is -0.348. The summed E-state index contributed by atoms with van der Waals surface area (Å²) in [6.07, 6.45) is 0. The fraction of sp³-hybridized carbons (Fsp3) is 0.909. The normalized spacial score (nSPS) is 12.7. The first-order chi connectivity index (χ1) is 6.13. The Bertz CT molecular complexity index is 184. The number of hydrogen-bond donors (Lipinski definition) is 0. The molecule has 0 N–H and O–H groups in total. The smallest absolute Gasteiger partial charge is 0.313 e. The SMILES string of the molecule is CC(C)(C)COCOC(=O)C(C)(C)C. The van der Waals surface area contributed by atoms with Gasteiger partial charge in [0.05, 0.1) is 12.0 Å². The molecule has 0 aliphatic carbocycles. The Morgan fingerprint density at radius 1 is 1.07 bits per heavy atom. The van der Waals surface area contributed by atoms with Crippen molar-refractivity contribution in [2.75, 3.05) is 13.4 Å². The number of rotatable bonds is 3. The molecule has 0 aliphatic rings. The molecule has 3 heteroatoms. The van der Waals surface area contributed by atoms with E-state index < -0.39 is 5.41 Å². The van der Waals surface area contributed by atoms with Crippen LogP contribution in [-0.4, -0.2) is 19.4 Å². The minimum atomic E-state index is -0.453. The number of hydrogen-bond acceptors (Lipinski definition) is 3. The van der Waals surface area contributed by atoms with E-state index in [0.717, 1.165) is 0 Å². The summed E-state index contributed by atoms with van der Waals surface area (Å²) in [5.74, 6) is -0.230. The van der Waals surface area contributed by atoms with Crippen LogP contribution in [0.15, 0.2) is 0 Å². The average Bonchev–Trinajstić information content (AvgIpc) is 1.93. The van der Waals surface area contributed by atoms with Crippen molar-refractivity contribution in [1.29, 1.82) is 0 Å². The Labute approximate surface area is 86.8 Å². The van der Waals surface area contributed by atoms with Gasteiger partial charge in [-0.15, -0.1) is 0 Å². The van der Waals surface area contributed by atoms with Crippen LogP contribution in [0.3, 0.4) is 0 Å². The van der Waals surface area contributed by atoms with E-state index in [9.17, 15) is 4.79 Å². The van der Waals surface area contributed by atoms with Crippen molar-refractivity contribution >= 4 is 5.97 Å². The number of esters is 1. The zero-order valence-electron chi connectivity index (χ0n) is 10.1. The summed E-state index contributed by atoms with van der Waals surface area (Å²) in [7, 11) is 0. The van der Waals surface area contributed by atoms with Crippen molar-refractivity contribution in [1.82, 2.24) is 0 Å². The minimum absolute atomic E-state index is 0.0490. The van der Waals surface area contributed by atoms with Crippen LogP contribution >= 0.6 is 0 Å². The Hall–Kier alpha value is -0.570. The first-order valence-corrected chi connectivity index (χ1v) is 4.88. The molecule has 84 valence electrons. The van der Waals surface area contributed by atoms with Crippen molar-refractivity contribution in [2.24, 2.45) is 10.8 Å². The van der Waals surface area contributed by atoms with Gasteiger partial charge in [0.2, 0.25) is 0 Å². The third-order valence-corrected chi connectivity index (χ3v) is 1.42. The highest BCUT2D eigenvalue weighted by Crippen LogP contribution is 2.16. The van der Waals surface area contributed by atoms with Gasteiger partial charge in [0.25, 0.3) is 0 Å². The lowest BCUT2D eigenvalue weighted by Gasteiger charge is -2.20. The van der Waals surface area contributed by atoms with E-state index in [1.54, 1.807) is 0 Å². The lowest BCUT2D eigenvalue weighted by atomic mass is 9.98. The number of ether oxygens (including phenoxy) is 2. The van der Waals surface area contributed by atoms with Gasteiger partial charge in [-0.1, -0.05) is 20.8 Å². The molecule has 0 aliphatic heterocycles. The zero-order valence-corrected chi connectivity index (χ0v) is 10.1. The lowest BCUT2D eigenvalue weighted by Crippen LogP contribution is -2.25. The van der Waals surface area contributed by atoms with Gasteiger partial charge in [0.15, 0.2) is 6.79 Å². The van der Waals surface area contributed by atoms with Crippen LogP contribution in [0.5, 0.6) is 0 Å². The van der Waals surface area contributed by atoms with Crippen molar-refractivity contribution in [3.05, 3.63) is 0 Å². The molecule has 0 aromatic rings. The summed E-state index contributed by atoms with van der Waals surface area (Å²) >= 11 is 0. The van der Waals surface area contributed by atoms with Crippen LogP contribution in [0.25, 0.3) is 0 Å². The van der Waals surface area contributed by atoms with Gasteiger partial charge in [-0.3, -0.25) is 4.79 Å². The van der Waals surface area contributed by atoms with Crippen molar-refractivity contribution < 1.29 is 14.3 Å². The fourth-order valence-corrected chi connectivity index (χ4v) is 0.660. The van der Waals surface area contributed by atoms with Crippen LogP contribution in [0.4, 0.5) is 0 Å². The molecule has 0 heterocycles. The third kappa shape index (κ3) is 6.89. The summed E-state index contributed by atoms with van der Waals surface area (Å²) < 4.78 is 10.2. The van der Waals surface area contributed by atoms with Crippen LogP contribution in [0.2, 0.25) is 0 Å². The second-order valence-electron chi connectivity index (χ2n) is 5.71. The lowest BCUT2D eigenvalue weighted by molar-refractivity contribution is -0.167. The molecule has 0 spiro atoms. The molecule has 0 amide bonds. The van der Waals surface area contributed by atoms with Crippen molar-refractivity contribution in [3.8, 4) is 0 Å². The maximum atomic E-state index is 11.3. The summed E-state index contributed by atoms with van der Waals surface area (Å²) in [5, 5.41) is 0. The highest BCUT2D eigenvalue weighted by Gasteiger charge is 2.23. The van der Waals surface area contributed by atoms with Crippen LogP contribution < -0.4 is 0 Å². The predicted molar refractivity (Wildman–Crippen MR) is 55.8 cm³/mol. The molecule has 0 saturated carbocycles. The largest absolute Gasteiger partial charge is 0.438 e. The number of carbonyl (C=O) groups excluding carboxylic acids is 1. The fourth-order valence-electron chi connectivity index (χ4n) is 0.660. The molecule has 0 unspecified atom stereocenters. The van der Waals surface area contributed by atoms with Gasteiger partial charge in [-0.25, -0.2) is 0 Å². The van der Waals surface area contributed by atoms with E-state index in [0.29, 0.717) is 6.61 Å². The Kier molecular flexibility index (Phi) is 4.59. The Morgan fingerprint density at radius 3 is 1.93 bits per heavy atom. The molecule has 0 aromatic heterocycles. The highest BCUT2D eigenvalue weighted by molar-refractivity contribution is 5.75. The third-order valence-electron chi connectivity index (χ3n) is 1.42. The standard InChI is InChI=1S/C11H22O3/c1-10(2,3)7-13-8-14-9(12)11(4,5)6/h7-8H2,1-6H3. The molecular formula is C11H22O3. The molecule has 14 heavy (non-hydrogen) atoms. The van der Waals surface area contributed by atoms with E-state index in [1.807, 2.05) is 20.8 Å². The molecule has 0 bridgehead atoms. The topological polar surface area (TPSA) is 35.5 Å². The van der Waals surface area contributed by atoms with E-state index in [2.05, 4.69) is 20.8 Å². The predicted octanol–water partition coefficient (Wildman–Crippen LogP) is 2.60. The Balaban J connectivity index is 3.62. The van der Waals surface area contributed by atoms with Crippen molar-refractivity contribution in [2.45, 2.75) is 41.5 Å². The molecule has 0 atom stereocenters. The van der Waals surface area contributed by atoms with Gasteiger partial charge in [-0.2, -0.15) is 0 Å². The average molecular weight is 202 g/mol. The second kappa shape index (κ2) is 4.78. The van der Waals surface area contributed by atoms with Crippen LogP contribution in [-0.2, 0) is 14.3 Å². The molecular weight excluding hydrogens is 180 g/mol. The maximum absolute atomic E-state index is 11.3. The minimum Gasteiger partial charge on any atom is -0.438 e. The molecule has 0 rings (SSSR count). The second-order valence-corrected chi connectivity index (χ2v) is 5.71. The highest BCUT2D eigenvalue weighted by atomic mass is 16.7. The van der Waals surface area contributed by atoms with Gasteiger partial charge < -0.3 is 9.47 Å². The summed E-state index contributed by atoms with van der Waals surface area (Å²) in [4.78, 5) is 11.3. The van der Waals surface area contributed by atoms with Gasteiger partial charge in [-0.05, 0) is 26.2 Å². The van der Waals surface area contributed by atoms with Gasteiger partial charge >= 0.3 is 5.97 Å². The van der Waals surface area contributed by atoms with E-state index >= 15 is 0 Å². The number of carbonyl (C=O) groups is 1. The quantitative estimate of drug-likeness (QED) is 0.401. The van der Waals surface area contributed by atoms with Gasteiger partial charge in [0.1, 0.15) is 0 Å². The zero-order chi connectivity index (χ0) is 11.4. The Morgan fingerprint density at radius 2 is 1.57 bits per heavy atom. The van der Waals surface area contributed by atoms with Crippen molar-refractivity contribution in [3.63, 3.8) is 0 Å². The molecule has 0 fully saturated rings. The monoisotopic (exact) mass is 202 g/mol. The van der Waals surface area contributed by atoms with Crippen LogP contribution in [0.1, 0.15) is 41.5 Å². The first-order valence-electron chi connectivity index (χ1n) is 4.88. The first kappa shape index (κ1) is 13.4. The maximum Gasteiger partial charge on any atom is 0.313 e. The summed E-state index contributed by atoms with van der Waals surface area (Å²) in [6, 6.07) is 0. The molecule has 0 radical (unpaired) electrons. The molecule has 3 nitrogen and oxygen atoms in total. The van der Waals surface area contributed by atoms with E-state index in [4.69, 9.17) is 9.47 Å². The molecule has 0 saturated heterocycles. The van der Waals surface area contributed by atoms with Crippen LogP contribution in [0, 0.1) is 10.8 Å².